The molecule has 0 bridgehead atoms. The summed E-state index contributed by atoms with van der Waals surface area (Å²) in [5.74, 6) is 0. The van der Waals surface area contributed by atoms with E-state index < -0.39 is 0 Å². The summed E-state index contributed by atoms with van der Waals surface area (Å²) < 4.78 is 1.25. The summed E-state index contributed by atoms with van der Waals surface area (Å²) in [6.07, 6.45) is 9.88. The molecule has 2 nitrogen and oxygen atoms in total. The Labute approximate surface area is 74.3 Å². The Kier molecular flexibility index (Phi) is 2.58. The lowest BCUT2D eigenvalue weighted by molar-refractivity contribution is -0.872. The number of hydrogen-bond acceptors (Lipinski definition) is 1. The first-order valence-electron chi connectivity index (χ1n) is 2.72. The Hall–Kier alpha value is -0.910. The molecule has 0 unspecified atom stereocenters. The van der Waals surface area contributed by atoms with Crippen LogP contribution in [-0.2, 0) is 0 Å². The van der Waals surface area contributed by atoms with Crippen molar-refractivity contribution in [2.45, 2.75) is 0 Å². The molecule has 0 saturated heterocycles. The quantitative estimate of drug-likeness (QED) is 0.479. The highest BCUT2D eigenvalue weighted by atomic mass is 35.5. The van der Waals surface area contributed by atoms with Crippen LogP contribution in [0.2, 0.25) is 10.0 Å². The van der Waals surface area contributed by atoms with Gasteiger partial charge in [0.15, 0.2) is 6.11 Å². The standard InChI is InChI=1S/C7H4Cl2NO/c1-2-11-10-4-6(8)3-7(9)5-10/h1,3-5H/q+1. The summed E-state index contributed by atoms with van der Waals surface area (Å²) in [5, 5.41) is 0.931. The Morgan fingerprint density at radius 3 is 2.36 bits per heavy atom. The Morgan fingerprint density at radius 1 is 1.36 bits per heavy atom. The van der Waals surface area contributed by atoms with E-state index in [0.29, 0.717) is 10.0 Å². The van der Waals surface area contributed by atoms with Crippen LogP contribution in [0.1, 0.15) is 0 Å². The monoisotopic (exact) mass is 188 g/mol. The topological polar surface area (TPSA) is 13.1 Å². The fraction of sp³-hybridized carbons (Fsp3) is 0. The molecule has 1 aromatic heterocycles. The maximum absolute atomic E-state index is 5.63. The lowest BCUT2D eigenvalue weighted by Gasteiger charge is -1.89. The normalized spacial score (nSPS) is 8.82. The highest BCUT2D eigenvalue weighted by Crippen LogP contribution is 2.10. The molecular weight excluding hydrogens is 185 g/mol. The summed E-state index contributed by atoms with van der Waals surface area (Å²) in [6, 6.07) is 1.58. The highest BCUT2D eigenvalue weighted by Gasteiger charge is 2.04. The van der Waals surface area contributed by atoms with Gasteiger partial charge in [0.25, 0.3) is 0 Å². The molecule has 0 N–H and O–H groups in total. The van der Waals surface area contributed by atoms with Gasteiger partial charge < -0.3 is 0 Å². The fourth-order valence-electron chi connectivity index (χ4n) is 0.600. The molecule has 0 aliphatic carbocycles. The number of terminal acetylenes is 1. The van der Waals surface area contributed by atoms with Gasteiger partial charge in [-0.3, -0.25) is 0 Å². The average molecular weight is 189 g/mol. The van der Waals surface area contributed by atoms with Crippen molar-refractivity contribution in [3.05, 3.63) is 28.5 Å². The molecule has 0 fully saturated rings. The molecule has 0 amide bonds. The van der Waals surface area contributed by atoms with Gasteiger partial charge in [-0.2, -0.15) is 4.84 Å². The number of nitrogens with zero attached hydrogens (tertiary/aromatic N) is 1. The van der Waals surface area contributed by atoms with Gasteiger partial charge in [0.05, 0.1) is 0 Å². The predicted molar refractivity (Wildman–Crippen MR) is 42.1 cm³/mol. The predicted octanol–water partition coefficient (Wildman–Crippen LogP) is 1.30. The zero-order chi connectivity index (χ0) is 8.27. The molecule has 0 spiro atoms. The maximum atomic E-state index is 5.63. The van der Waals surface area contributed by atoms with Gasteiger partial charge in [-0.25, -0.2) is 0 Å². The first kappa shape index (κ1) is 8.19. The van der Waals surface area contributed by atoms with E-state index in [1.54, 1.807) is 6.07 Å². The van der Waals surface area contributed by atoms with Gasteiger partial charge in [0, 0.05) is 4.73 Å². The third-order valence-corrected chi connectivity index (χ3v) is 1.35. The second-order valence-corrected chi connectivity index (χ2v) is 2.61. The van der Waals surface area contributed by atoms with Crippen molar-refractivity contribution in [1.29, 1.82) is 0 Å². The van der Waals surface area contributed by atoms with E-state index >= 15 is 0 Å². The van der Waals surface area contributed by atoms with Crippen LogP contribution < -0.4 is 9.57 Å². The van der Waals surface area contributed by atoms with E-state index in [0.717, 1.165) is 0 Å². The Balaban J connectivity index is 3.01. The molecular formula is C7H4Cl2NO+. The van der Waals surface area contributed by atoms with Crippen LogP contribution in [0.15, 0.2) is 18.5 Å². The summed E-state index contributed by atoms with van der Waals surface area (Å²) >= 11 is 11.3. The van der Waals surface area contributed by atoms with Crippen LogP contribution in [0.25, 0.3) is 0 Å². The van der Waals surface area contributed by atoms with Gasteiger partial charge in [0.1, 0.15) is 10.0 Å². The molecule has 0 atom stereocenters. The van der Waals surface area contributed by atoms with Crippen molar-refractivity contribution in [2.24, 2.45) is 0 Å². The molecule has 4 heteroatoms. The van der Waals surface area contributed by atoms with Gasteiger partial charge in [-0.05, 0) is 6.07 Å². The summed E-state index contributed by atoms with van der Waals surface area (Å²) in [7, 11) is 0. The van der Waals surface area contributed by atoms with E-state index in [4.69, 9.17) is 29.6 Å². The van der Waals surface area contributed by atoms with Gasteiger partial charge in [0.2, 0.25) is 12.4 Å². The molecule has 0 radical (unpaired) electrons. The summed E-state index contributed by atoms with van der Waals surface area (Å²) in [4.78, 5) is 4.64. The first-order valence-corrected chi connectivity index (χ1v) is 3.48. The highest BCUT2D eigenvalue weighted by molar-refractivity contribution is 6.34. The Morgan fingerprint density at radius 2 is 1.91 bits per heavy atom. The SMILES string of the molecule is C#CO[n+]1cc(Cl)cc(Cl)c1. The van der Waals surface area contributed by atoms with E-state index in [1.807, 2.05) is 6.11 Å². The molecule has 0 aromatic carbocycles. The molecule has 1 aromatic rings. The van der Waals surface area contributed by atoms with Crippen molar-refractivity contribution in [3.8, 4) is 12.5 Å². The molecule has 0 aliphatic rings. The Bertz CT molecular complexity index is 286. The van der Waals surface area contributed by atoms with Crippen molar-refractivity contribution < 1.29 is 9.57 Å². The van der Waals surface area contributed by atoms with Crippen LogP contribution in [0.5, 0.6) is 0 Å². The molecule has 1 heterocycles. The van der Waals surface area contributed by atoms with Crippen LogP contribution in [0, 0.1) is 12.5 Å². The molecule has 0 saturated carbocycles. The zero-order valence-corrected chi connectivity index (χ0v) is 6.93. The van der Waals surface area contributed by atoms with Gasteiger partial charge in [-0.15, -0.1) is 0 Å². The van der Waals surface area contributed by atoms with Crippen LogP contribution in [-0.4, -0.2) is 0 Å². The van der Waals surface area contributed by atoms with E-state index in [9.17, 15) is 0 Å². The molecule has 56 valence electrons. The smallest absolute Gasteiger partial charge is 0.177 e. The summed E-state index contributed by atoms with van der Waals surface area (Å²) in [5.41, 5.74) is 0. The van der Waals surface area contributed by atoms with Crippen molar-refractivity contribution in [3.63, 3.8) is 0 Å². The van der Waals surface area contributed by atoms with Gasteiger partial charge >= 0.3 is 0 Å². The second kappa shape index (κ2) is 3.47. The second-order valence-electron chi connectivity index (χ2n) is 1.74. The summed E-state index contributed by atoms with van der Waals surface area (Å²) in [6.45, 7) is 0. The first-order chi connectivity index (χ1) is 5.22. The van der Waals surface area contributed by atoms with Crippen molar-refractivity contribution >= 4 is 23.2 Å². The van der Waals surface area contributed by atoms with Crippen LogP contribution in [0.4, 0.5) is 0 Å². The third-order valence-electron chi connectivity index (χ3n) is 0.935. The van der Waals surface area contributed by atoms with Crippen molar-refractivity contribution in [1.82, 2.24) is 0 Å². The number of pyridine rings is 1. The zero-order valence-electron chi connectivity index (χ0n) is 5.42. The number of hydrogen-bond donors (Lipinski definition) is 0. The van der Waals surface area contributed by atoms with Crippen LogP contribution in [0.3, 0.4) is 0 Å². The molecule has 1 rings (SSSR count). The number of rotatable bonds is 1. The minimum atomic E-state index is 0.466. The third kappa shape index (κ3) is 2.30. The number of halogens is 2. The van der Waals surface area contributed by atoms with Crippen molar-refractivity contribution in [2.75, 3.05) is 0 Å². The average Bonchev–Trinajstić information content (AvgIpc) is 1.85. The fourth-order valence-corrected chi connectivity index (χ4v) is 1.08. The van der Waals surface area contributed by atoms with E-state index in [2.05, 4.69) is 4.84 Å². The molecule has 11 heavy (non-hydrogen) atoms. The van der Waals surface area contributed by atoms with E-state index in [1.165, 1.54) is 17.1 Å². The minimum absolute atomic E-state index is 0.466. The van der Waals surface area contributed by atoms with Crippen LogP contribution >= 0.6 is 23.2 Å². The van der Waals surface area contributed by atoms with E-state index in [-0.39, 0.29) is 0 Å². The molecule has 0 aliphatic heterocycles. The lowest BCUT2D eigenvalue weighted by atomic mass is 10.5. The lowest BCUT2D eigenvalue weighted by Crippen LogP contribution is -2.39. The maximum Gasteiger partial charge on any atom is 0.242 e. The largest absolute Gasteiger partial charge is 0.242 e. The number of aromatic nitrogens is 1. The van der Waals surface area contributed by atoms with Gasteiger partial charge in [-0.1, -0.05) is 29.6 Å². The minimum Gasteiger partial charge on any atom is -0.177 e.